The first-order valence-electron chi connectivity index (χ1n) is 9.48. The molecule has 8 nitrogen and oxygen atoms in total. The van der Waals surface area contributed by atoms with Crippen molar-refractivity contribution in [2.75, 3.05) is 24.5 Å². The van der Waals surface area contributed by atoms with Crippen LogP contribution in [0.4, 0.5) is 5.69 Å². The van der Waals surface area contributed by atoms with Crippen LogP contribution in [0.5, 0.6) is 0 Å². The molecule has 1 heterocycles. The molecule has 0 radical (unpaired) electrons. The number of nitrogens with one attached hydrogen (secondary N) is 2. The van der Waals surface area contributed by atoms with Crippen molar-refractivity contribution in [3.05, 3.63) is 57.0 Å². The van der Waals surface area contributed by atoms with E-state index >= 15 is 0 Å². The summed E-state index contributed by atoms with van der Waals surface area (Å²) in [6.45, 7) is 0.408. The molecule has 1 saturated heterocycles. The van der Waals surface area contributed by atoms with Crippen molar-refractivity contribution in [2.24, 2.45) is 0 Å². The molecule has 2 aromatic rings. The second-order valence-corrected chi connectivity index (χ2v) is 9.80. The SMILES string of the molecule is O=C(COC(=O)c1cc(S(=O)(=O)Nc2cccc(Cl)c2)c(Cl)cc1Cl)NCC1CCCO1. The number of carbonyl (C=O) groups is 2. The van der Waals surface area contributed by atoms with Gasteiger partial charge >= 0.3 is 5.97 Å². The Morgan fingerprint density at radius 3 is 2.59 bits per heavy atom. The number of hydrogen-bond donors (Lipinski definition) is 2. The molecule has 1 aliphatic rings. The minimum atomic E-state index is -4.18. The molecule has 1 atom stereocenters. The minimum Gasteiger partial charge on any atom is -0.452 e. The van der Waals surface area contributed by atoms with Crippen molar-refractivity contribution < 1.29 is 27.5 Å². The second kappa shape index (κ2) is 10.7. The summed E-state index contributed by atoms with van der Waals surface area (Å²) in [5.41, 5.74) is -0.0509. The van der Waals surface area contributed by atoms with Gasteiger partial charge in [-0.15, -0.1) is 0 Å². The monoisotopic (exact) mass is 520 g/mol. The molecular weight excluding hydrogens is 503 g/mol. The van der Waals surface area contributed by atoms with Crippen LogP contribution in [0.2, 0.25) is 15.1 Å². The lowest BCUT2D eigenvalue weighted by Crippen LogP contribution is -2.34. The summed E-state index contributed by atoms with van der Waals surface area (Å²) in [5, 5.41) is 2.62. The highest BCUT2D eigenvalue weighted by atomic mass is 35.5. The molecule has 2 N–H and O–H groups in total. The Bertz CT molecular complexity index is 1120. The van der Waals surface area contributed by atoms with Gasteiger partial charge in [-0.05, 0) is 43.2 Å². The van der Waals surface area contributed by atoms with Crippen molar-refractivity contribution in [1.82, 2.24) is 5.32 Å². The van der Waals surface area contributed by atoms with Crippen molar-refractivity contribution in [3.63, 3.8) is 0 Å². The van der Waals surface area contributed by atoms with Crippen molar-refractivity contribution in [3.8, 4) is 0 Å². The second-order valence-electron chi connectivity index (χ2n) is 6.89. The fraction of sp³-hybridized carbons (Fsp3) is 0.300. The maximum Gasteiger partial charge on any atom is 0.340 e. The topological polar surface area (TPSA) is 111 Å². The van der Waals surface area contributed by atoms with Crippen LogP contribution in [0.25, 0.3) is 0 Å². The van der Waals surface area contributed by atoms with Crippen LogP contribution in [0.15, 0.2) is 41.3 Å². The molecule has 0 aromatic heterocycles. The Kier molecular flexibility index (Phi) is 8.24. The lowest BCUT2D eigenvalue weighted by atomic mass is 10.2. The number of esters is 1. The van der Waals surface area contributed by atoms with Crippen molar-refractivity contribution in [2.45, 2.75) is 23.8 Å². The van der Waals surface area contributed by atoms with Crippen LogP contribution in [-0.4, -0.2) is 46.2 Å². The number of hydrogen-bond acceptors (Lipinski definition) is 6. The van der Waals surface area contributed by atoms with E-state index in [0.29, 0.717) is 18.2 Å². The first-order valence-corrected chi connectivity index (χ1v) is 12.1. The molecule has 1 aliphatic heterocycles. The molecule has 1 unspecified atom stereocenters. The molecule has 0 saturated carbocycles. The molecule has 0 bridgehead atoms. The van der Waals surface area contributed by atoms with Crippen LogP contribution in [0.1, 0.15) is 23.2 Å². The van der Waals surface area contributed by atoms with Crippen LogP contribution in [0.3, 0.4) is 0 Å². The van der Waals surface area contributed by atoms with Gasteiger partial charge in [-0.25, -0.2) is 13.2 Å². The highest BCUT2D eigenvalue weighted by molar-refractivity contribution is 7.92. The molecule has 1 fully saturated rings. The van der Waals surface area contributed by atoms with E-state index in [9.17, 15) is 18.0 Å². The van der Waals surface area contributed by atoms with Crippen LogP contribution in [0, 0.1) is 0 Å². The lowest BCUT2D eigenvalue weighted by molar-refractivity contribution is -0.124. The van der Waals surface area contributed by atoms with Gasteiger partial charge in [-0.1, -0.05) is 40.9 Å². The molecule has 0 aliphatic carbocycles. The van der Waals surface area contributed by atoms with E-state index in [1.807, 2.05) is 0 Å². The number of halogens is 3. The summed E-state index contributed by atoms with van der Waals surface area (Å²) in [7, 11) is -4.18. The maximum absolute atomic E-state index is 12.8. The number of benzene rings is 2. The van der Waals surface area contributed by atoms with E-state index < -0.39 is 33.4 Å². The number of ether oxygens (including phenoxy) is 2. The van der Waals surface area contributed by atoms with Gasteiger partial charge in [0, 0.05) is 18.2 Å². The molecule has 0 spiro atoms. The van der Waals surface area contributed by atoms with Gasteiger partial charge < -0.3 is 14.8 Å². The van der Waals surface area contributed by atoms with E-state index in [1.165, 1.54) is 12.1 Å². The normalized spacial score (nSPS) is 15.9. The first kappa shape index (κ1) is 24.6. The highest BCUT2D eigenvalue weighted by Crippen LogP contribution is 2.31. The molecule has 12 heteroatoms. The van der Waals surface area contributed by atoms with Crippen molar-refractivity contribution in [1.29, 1.82) is 0 Å². The summed E-state index contributed by atoms with van der Waals surface area (Å²) in [5.74, 6) is -1.49. The van der Waals surface area contributed by atoms with Gasteiger partial charge in [-0.2, -0.15) is 0 Å². The minimum absolute atomic E-state index is 0.0554. The smallest absolute Gasteiger partial charge is 0.340 e. The zero-order chi connectivity index (χ0) is 23.3. The van der Waals surface area contributed by atoms with E-state index in [2.05, 4.69) is 10.0 Å². The maximum atomic E-state index is 12.8. The predicted octanol–water partition coefficient (Wildman–Crippen LogP) is 3.90. The van der Waals surface area contributed by atoms with E-state index in [-0.39, 0.29) is 27.4 Å². The third kappa shape index (κ3) is 6.49. The zero-order valence-corrected chi connectivity index (χ0v) is 19.7. The summed E-state index contributed by atoms with van der Waals surface area (Å²) in [6, 6.07) is 8.16. The number of rotatable bonds is 8. The molecule has 2 aromatic carbocycles. The third-order valence-electron chi connectivity index (χ3n) is 4.49. The molecule has 1 amide bonds. The average molecular weight is 522 g/mol. The van der Waals surface area contributed by atoms with Gasteiger partial charge in [0.05, 0.1) is 27.4 Å². The number of sulfonamides is 1. The summed E-state index contributed by atoms with van der Waals surface area (Å²) in [6.07, 6.45) is 1.73. The fourth-order valence-corrected chi connectivity index (χ4v) is 5.04. The van der Waals surface area contributed by atoms with Crippen molar-refractivity contribution >= 4 is 62.4 Å². The fourth-order valence-electron chi connectivity index (χ4n) is 2.95. The van der Waals surface area contributed by atoms with E-state index in [1.54, 1.807) is 12.1 Å². The third-order valence-corrected chi connectivity index (χ3v) is 6.89. The Morgan fingerprint density at radius 1 is 1.12 bits per heavy atom. The molecular formula is C20H19Cl3N2O6S. The Hall–Kier alpha value is -2.04. The van der Waals surface area contributed by atoms with Gasteiger partial charge in [0.25, 0.3) is 15.9 Å². The molecule has 3 rings (SSSR count). The quantitative estimate of drug-likeness (QED) is 0.510. The summed E-state index contributed by atoms with van der Waals surface area (Å²) in [4.78, 5) is 24.0. The van der Waals surface area contributed by atoms with Gasteiger partial charge in [0.15, 0.2) is 6.61 Å². The number of anilines is 1. The van der Waals surface area contributed by atoms with Crippen LogP contribution in [-0.2, 0) is 24.3 Å². The largest absolute Gasteiger partial charge is 0.452 e. The number of amides is 1. The van der Waals surface area contributed by atoms with Crippen LogP contribution < -0.4 is 10.0 Å². The van der Waals surface area contributed by atoms with E-state index in [0.717, 1.165) is 25.0 Å². The molecule has 172 valence electrons. The van der Waals surface area contributed by atoms with Gasteiger partial charge in [-0.3, -0.25) is 9.52 Å². The standard InChI is InChI=1S/C20H19Cl3N2O6S/c21-12-3-1-4-13(7-12)25-32(28,29)18-8-15(16(22)9-17(18)23)20(27)31-11-19(26)24-10-14-5-2-6-30-14/h1,3-4,7-9,14,25H,2,5-6,10-11H2,(H,24,26). The van der Waals surface area contributed by atoms with Gasteiger partial charge in [0.1, 0.15) is 4.90 Å². The Balaban J connectivity index is 1.69. The first-order chi connectivity index (χ1) is 15.2. The molecule has 32 heavy (non-hydrogen) atoms. The highest BCUT2D eigenvalue weighted by Gasteiger charge is 2.24. The van der Waals surface area contributed by atoms with E-state index in [4.69, 9.17) is 44.3 Å². The Morgan fingerprint density at radius 2 is 1.91 bits per heavy atom. The predicted molar refractivity (Wildman–Crippen MR) is 121 cm³/mol. The summed E-state index contributed by atoms with van der Waals surface area (Å²) >= 11 is 18.0. The van der Waals surface area contributed by atoms with Crippen LogP contribution >= 0.6 is 34.8 Å². The number of carbonyl (C=O) groups excluding carboxylic acids is 2. The van der Waals surface area contributed by atoms with Gasteiger partial charge in [0.2, 0.25) is 0 Å². The summed E-state index contributed by atoms with van der Waals surface area (Å²) < 4.78 is 38.3. The lowest BCUT2D eigenvalue weighted by Gasteiger charge is -2.13. The zero-order valence-electron chi connectivity index (χ0n) is 16.6. The Labute approximate surface area is 200 Å². The average Bonchev–Trinajstić information content (AvgIpc) is 3.23.